The van der Waals surface area contributed by atoms with Crippen LogP contribution in [0.4, 0.5) is 37.7 Å². The van der Waals surface area contributed by atoms with Gasteiger partial charge >= 0.3 is 11.0 Å². The van der Waals surface area contributed by atoms with E-state index in [0.717, 1.165) is 35.0 Å². The van der Waals surface area contributed by atoms with E-state index in [9.17, 15) is 43.2 Å². The van der Waals surface area contributed by atoms with Crippen LogP contribution in [0.2, 0.25) is 0 Å². The summed E-state index contributed by atoms with van der Waals surface area (Å²) in [6.45, 7) is 13.1. The summed E-state index contributed by atoms with van der Waals surface area (Å²) in [7, 11) is -13.4. The van der Waals surface area contributed by atoms with E-state index in [0.29, 0.717) is 5.92 Å². The Morgan fingerprint density at radius 3 is 1.65 bits per heavy atom. The fourth-order valence-electron chi connectivity index (χ4n) is 5.75. The van der Waals surface area contributed by atoms with Crippen molar-refractivity contribution in [3.63, 3.8) is 0 Å². The Labute approximate surface area is 318 Å². The molecule has 5 rings (SSSR count). The third-order valence-corrected chi connectivity index (χ3v) is 11.7. The molecule has 0 saturated heterocycles. The van der Waals surface area contributed by atoms with Crippen LogP contribution in [0.5, 0.6) is 0 Å². The van der Waals surface area contributed by atoms with Gasteiger partial charge in [-0.1, -0.05) is 86.1 Å². The van der Waals surface area contributed by atoms with Gasteiger partial charge < -0.3 is 9.03 Å². The van der Waals surface area contributed by atoms with Crippen LogP contribution >= 0.6 is 0 Å². The number of nitrogens with zero attached hydrogens (tertiary/aromatic N) is 2. The van der Waals surface area contributed by atoms with E-state index in [1.807, 2.05) is 0 Å². The average Bonchev–Trinajstić information content (AvgIpc) is 3.13. The van der Waals surface area contributed by atoms with E-state index >= 15 is 0 Å². The molecule has 0 spiro atoms. The van der Waals surface area contributed by atoms with Crippen molar-refractivity contribution in [2.75, 3.05) is 18.0 Å². The molecule has 0 amide bonds. The lowest BCUT2D eigenvalue weighted by atomic mass is 9.83. The molecule has 0 aromatic heterocycles. The lowest BCUT2D eigenvalue weighted by Crippen LogP contribution is -2.66. The molecule has 0 heterocycles. The normalized spacial score (nSPS) is 15.5. The highest BCUT2D eigenvalue weighted by atomic mass is 32.3. The number of anilines is 1. The van der Waals surface area contributed by atoms with Gasteiger partial charge in [0.2, 0.25) is 11.4 Å². The lowest BCUT2D eigenvalue weighted by molar-refractivity contribution is -0.351. The van der Waals surface area contributed by atoms with Gasteiger partial charge in [-0.25, -0.2) is 21.8 Å². The first kappa shape index (κ1) is 43.0. The molecule has 0 bridgehead atoms. The first-order chi connectivity index (χ1) is 25.7. The largest absolute Gasteiger partial charge is 0.480 e. The molecule has 1 aliphatic carbocycles. The van der Waals surface area contributed by atoms with Gasteiger partial charge in [0, 0.05) is 37.0 Å². The van der Waals surface area contributed by atoms with Crippen molar-refractivity contribution < 1.29 is 48.2 Å². The first-order valence-corrected chi connectivity index (χ1v) is 20.2. The Hall–Kier alpha value is -4.73. The second-order valence-electron chi connectivity index (χ2n) is 12.6. The van der Waals surface area contributed by atoms with Crippen LogP contribution < -0.4 is 9.89 Å². The molecule has 1 aliphatic rings. The summed E-state index contributed by atoms with van der Waals surface area (Å²) < 4.78 is 109. The number of rotatable bonds is 10. The van der Waals surface area contributed by atoms with Gasteiger partial charge in [-0.05, 0) is 90.8 Å². The van der Waals surface area contributed by atoms with E-state index in [2.05, 4.69) is 154 Å². The van der Waals surface area contributed by atoms with Crippen LogP contribution in [-0.2, 0) is 20.0 Å². The number of allylic oxidation sites excluding steroid dienone is 3. The highest BCUT2D eigenvalue weighted by Crippen LogP contribution is 2.38. The zero-order valence-electron chi connectivity index (χ0n) is 30.7. The Morgan fingerprint density at radius 1 is 0.691 bits per heavy atom. The van der Waals surface area contributed by atoms with E-state index in [4.69, 9.17) is 0 Å². The molecule has 0 aliphatic heterocycles. The Balaban J connectivity index is 0.000000381. The molecule has 1 atom stereocenters. The van der Waals surface area contributed by atoms with Crippen molar-refractivity contribution in [1.29, 1.82) is 0 Å². The molecule has 0 saturated carbocycles. The van der Waals surface area contributed by atoms with Gasteiger partial charge in [-0.3, -0.25) is 0 Å². The fraction of sp³-hybridized carbons (Fsp3) is 0.275. The van der Waals surface area contributed by atoms with E-state index < -0.39 is 31.1 Å². The molecular weight excluding hydrogens is 765 g/mol. The van der Waals surface area contributed by atoms with Gasteiger partial charge in [0.15, 0.2) is 20.0 Å². The van der Waals surface area contributed by atoms with Crippen LogP contribution in [0, 0.1) is 6.92 Å². The van der Waals surface area contributed by atoms with Crippen molar-refractivity contribution in [3.05, 3.63) is 147 Å². The first-order valence-electron chi connectivity index (χ1n) is 17.3. The molecule has 4 aromatic carbocycles. The van der Waals surface area contributed by atoms with Crippen LogP contribution in [-0.4, -0.2) is 46.7 Å². The minimum atomic E-state index is -6.72. The van der Waals surface area contributed by atoms with Crippen molar-refractivity contribution in [1.82, 2.24) is 0 Å². The molecule has 55 heavy (non-hydrogen) atoms. The number of halogens is 6. The quantitative estimate of drug-likeness (QED) is 0.161. The molecule has 7 nitrogen and oxygen atoms in total. The van der Waals surface area contributed by atoms with Gasteiger partial charge in [0.05, 0.1) is 5.56 Å². The summed E-state index contributed by atoms with van der Waals surface area (Å²) >= 11 is 0. The zero-order chi connectivity index (χ0) is 40.8. The van der Waals surface area contributed by atoms with Gasteiger partial charge in [-0.15, -0.1) is 0 Å². The van der Waals surface area contributed by atoms with Crippen molar-refractivity contribution in [2.45, 2.75) is 58.0 Å². The predicted molar refractivity (Wildman–Crippen MR) is 206 cm³/mol. The summed E-state index contributed by atoms with van der Waals surface area (Å²) in [5.74, 6) is 0.575. The maximum atomic E-state index is 11.4. The number of aryl methyl sites for hydroxylation is 1. The SMILES string of the molecule is CCC(C)c1ccc([NH+]=C2C=CC(=C(c3ccc(C)cc3)c3ccc(N(CC)CC)cc3)c3ccccc32)cc1.O=S(=O)([N-]S(=O)(=O)C(F)(F)F)C(F)(F)F. The second kappa shape index (κ2) is 17.4. The average molecular weight is 806 g/mol. The predicted octanol–water partition coefficient (Wildman–Crippen LogP) is 9.14. The monoisotopic (exact) mass is 805 g/mol. The third-order valence-electron chi connectivity index (χ3n) is 8.97. The Kier molecular flexibility index (Phi) is 13.6. The summed E-state index contributed by atoms with van der Waals surface area (Å²) in [4.78, 5) is 6.09. The number of nitrogens with one attached hydrogen (secondary N) is 1. The van der Waals surface area contributed by atoms with Crippen LogP contribution in [0.3, 0.4) is 0 Å². The van der Waals surface area contributed by atoms with Crippen molar-refractivity contribution in [3.8, 4) is 0 Å². The second-order valence-corrected chi connectivity index (χ2v) is 16.1. The van der Waals surface area contributed by atoms with Gasteiger partial charge in [0.25, 0.3) is 0 Å². The molecule has 4 aromatic rings. The number of alkyl halides is 6. The minimum Gasteiger partial charge on any atom is -0.421 e. The minimum absolute atomic E-state index is 0.575. The van der Waals surface area contributed by atoms with Crippen LogP contribution in [0.15, 0.2) is 109 Å². The molecule has 1 unspecified atom stereocenters. The number of benzene rings is 4. The smallest absolute Gasteiger partial charge is 0.421 e. The molecule has 0 radical (unpaired) electrons. The van der Waals surface area contributed by atoms with Crippen molar-refractivity contribution in [2.24, 2.45) is 0 Å². The highest BCUT2D eigenvalue weighted by molar-refractivity contribution is 8.13. The highest BCUT2D eigenvalue weighted by Gasteiger charge is 2.47. The summed E-state index contributed by atoms with van der Waals surface area (Å²) in [5.41, 5.74) is 1.16. The van der Waals surface area contributed by atoms with Crippen LogP contribution in [0.1, 0.15) is 73.4 Å². The Morgan fingerprint density at radius 2 is 1.18 bits per heavy atom. The van der Waals surface area contributed by atoms with Crippen LogP contribution in [0.25, 0.3) is 15.3 Å². The van der Waals surface area contributed by atoms with E-state index in [1.165, 1.54) is 50.2 Å². The summed E-state index contributed by atoms with van der Waals surface area (Å²) in [6.07, 6.45) is 5.67. The third kappa shape index (κ3) is 10.3. The molecular formula is C40H41F6N3O4S2. The standard InChI is InChI=1S/C38H40N2.C2F6NO4S2/c1-6-28(5)29-17-21-32(22-18-29)39-37-26-25-36(34-11-9-10-12-35(34)37)38(30-15-13-27(4)14-16-30)31-19-23-33(24-20-31)40(7-2)8-3;3-1(4,5)14(10,11)9-15(12,13)2(6,7)8/h9-26,28H,6-8H2,1-5H3;/q;-1/p+1. The summed E-state index contributed by atoms with van der Waals surface area (Å²) in [6, 6.07) is 35.7. The maximum absolute atomic E-state index is 11.4. The fourth-order valence-corrected chi connectivity index (χ4v) is 7.46. The van der Waals surface area contributed by atoms with Crippen molar-refractivity contribution >= 4 is 48.3 Å². The zero-order valence-corrected chi connectivity index (χ0v) is 32.3. The molecule has 0 fully saturated rings. The number of hydrogen-bond donors (Lipinski definition) is 1. The number of hydrogen-bond acceptors (Lipinski definition) is 5. The van der Waals surface area contributed by atoms with Gasteiger partial charge in [-0.2, -0.15) is 26.3 Å². The Bertz CT molecular complexity index is 2220. The number of fused-ring (bicyclic) bond motifs is 1. The lowest BCUT2D eigenvalue weighted by Gasteiger charge is -2.22. The summed E-state index contributed by atoms with van der Waals surface area (Å²) in [5, 5.41) is 0. The van der Waals surface area contributed by atoms with Gasteiger partial charge in [0.1, 0.15) is 0 Å². The number of sulfonamides is 2. The topological polar surface area (TPSA) is 99.6 Å². The van der Waals surface area contributed by atoms with E-state index in [1.54, 1.807) is 0 Å². The molecule has 294 valence electrons. The molecule has 1 N–H and O–H groups in total. The van der Waals surface area contributed by atoms with E-state index in [-0.39, 0.29) is 0 Å². The molecule has 15 heteroatoms. The maximum Gasteiger partial charge on any atom is 0.480 e.